The van der Waals surface area contributed by atoms with Gasteiger partial charge in [0.15, 0.2) is 0 Å². The van der Waals surface area contributed by atoms with Crippen molar-refractivity contribution in [1.29, 1.82) is 0 Å². The van der Waals surface area contributed by atoms with Crippen molar-refractivity contribution in [2.45, 2.75) is 12.7 Å². The quantitative estimate of drug-likeness (QED) is 0.380. The van der Waals surface area contributed by atoms with Gasteiger partial charge in [0.1, 0.15) is 5.82 Å². The number of rotatable bonds is 4. The van der Waals surface area contributed by atoms with E-state index in [-0.39, 0.29) is 44.2 Å². The molecule has 37 heavy (non-hydrogen) atoms. The molecule has 5 rings (SSSR count). The third-order valence-corrected chi connectivity index (χ3v) is 6.59. The Morgan fingerprint density at radius 1 is 0.811 bits per heavy atom. The molecule has 1 fully saturated rings. The van der Waals surface area contributed by atoms with Crippen LogP contribution in [0.25, 0.3) is 0 Å². The lowest BCUT2D eigenvalue weighted by atomic mass is 10.0. The number of imide groups is 1. The van der Waals surface area contributed by atoms with E-state index in [1.165, 1.54) is 9.80 Å². The number of alkyl halides is 3. The van der Waals surface area contributed by atoms with Crippen LogP contribution in [0.4, 0.5) is 23.2 Å². The van der Waals surface area contributed by atoms with Gasteiger partial charge in [-0.25, -0.2) is 4.39 Å². The van der Waals surface area contributed by atoms with Crippen molar-refractivity contribution in [2.24, 2.45) is 0 Å². The number of piperazine rings is 1. The summed E-state index contributed by atoms with van der Waals surface area (Å²) in [5.74, 6) is -2.59. The minimum Gasteiger partial charge on any atom is -0.368 e. The van der Waals surface area contributed by atoms with Crippen molar-refractivity contribution in [3.8, 4) is 0 Å². The molecular weight excluding hydrogens is 490 g/mol. The summed E-state index contributed by atoms with van der Waals surface area (Å²) < 4.78 is 53.7. The van der Waals surface area contributed by atoms with Gasteiger partial charge in [0.25, 0.3) is 17.7 Å². The second-order valence-electron chi connectivity index (χ2n) is 8.88. The zero-order valence-corrected chi connectivity index (χ0v) is 19.5. The molecular formula is C27H21F4N3O3. The normalized spacial score (nSPS) is 15.8. The number of hydrogen-bond donors (Lipinski definition) is 0. The SMILES string of the molecule is O=C(c1cc(F)ccc1C(F)(F)F)N1CCN(c2ccc3c(c2)C(=O)N(Cc2ccccc2)C3=O)CC1. The molecule has 2 aliphatic heterocycles. The summed E-state index contributed by atoms with van der Waals surface area (Å²) in [6, 6.07) is 16.0. The Balaban J connectivity index is 1.29. The average molecular weight is 511 g/mol. The van der Waals surface area contributed by atoms with E-state index in [0.717, 1.165) is 5.56 Å². The monoisotopic (exact) mass is 511 g/mol. The molecule has 0 N–H and O–H groups in total. The van der Waals surface area contributed by atoms with Gasteiger partial charge in [-0.3, -0.25) is 19.3 Å². The van der Waals surface area contributed by atoms with Gasteiger partial charge in [0.05, 0.1) is 28.8 Å². The molecule has 0 atom stereocenters. The fourth-order valence-corrected chi connectivity index (χ4v) is 4.66. The van der Waals surface area contributed by atoms with Crippen LogP contribution in [0.1, 0.15) is 42.2 Å². The maximum absolute atomic E-state index is 13.7. The molecule has 2 aliphatic rings. The van der Waals surface area contributed by atoms with Gasteiger partial charge in [0.2, 0.25) is 0 Å². The zero-order valence-electron chi connectivity index (χ0n) is 19.5. The molecule has 3 aromatic rings. The number of carbonyl (C=O) groups excluding carboxylic acids is 3. The van der Waals surface area contributed by atoms with Crippen LogP contribution >= 0.6 is 0 Å². The standard InChI is InChI=1S/C27H21F4N3O3/c28-18-6-9-23(27(29,30)31)22(14-18)24(35)33-12-10-32(11-13-33)19-7-8-20-21(15-19)26(37)34(25(20)36)16-17-4-2-1-3-5-17/h1-9,14-15H,10-13,16H2. The summed E-state index contributed by atoms with van der Waals surface area (Å²) in [7, 11) is 0. The summed E-state index contributed by atoms with van der Waals surface area (Å²) in [6.45, 7) is 0.949. The van der Waals surface area contributed by atoms with Crippen molar-refractivity contribution < 1.29 is 31.9 Å². The van der Waals surface area contributed by atoms with Gasteiger partial charge in [-0.1, -0.05) is 30.3 Å². The molecule has 0 bridgehead atoms. The third kappa shape index (κ3) is 4.66. The summed E-state index contributed by atoms with van der Waals surface area (Å²) >= 11 is 0. The number of anilines is 1. The molecule has 3 aromatic carbocycles. The lowest BCUT2D eigenvalue weighted by molar-refractivity contribution is -0.138. The molecule has 3 amide bonds. The van der Waals surface area contributed by atoms with Crippen molar-refractivity contribution >= 4 is 23.4 Å². The second-order valence-corrected chi connectivity index (χ2v) is 8.88. The molecule has 0 unspecified atom stereocenters. The number of carbonyl (C=O) groups is 3. The van der Waals surface area contributed by atoms with Crippen LogP contribution in [0.15, 0.2) is 66.7 Å². The summed E-state index contributed by atoms with van der Waals surface area (Å²) in [5, 5.41) is 0. The summed E-state index contributed by atoms with van der Waals surface area (Å²) in [5.41, 5.74) is 0.181. The number of fused-ring (bicyclic) bond motifs is 1. The highest BCUT2D eigenvalue weighted by Crippen LogP contribution is 2.34. The third-order valence-electron chi connectivity index (χ3n) is 6.59. The Morgan fingerprint density at radius 3 is 2.16 bits per heavy atom. The average Bonchev–Trinajstić information content (AvgIpc) is 3.12. The predicted molar refractivity (Wildman–Crippen MR) is 127 cm³/mol. The first-order valence-corrected chi connectivity index (χ1v) is 11.6. The Labute approximate surface area is 209 Å². The maximum Gasteiger partial charge on any atom is 0.417 e. The molecule has 1 saturated heterocycles. The molecule has 10 heteroatoms. The molecule has 0 aliphatic carbocycles. The second kappa shape index (κ2) is 9.34. The van der Waals surface area contributed by atoms with E-state index >= 15 is 0 Å². The number of hydrogen-bond acceptors (Lipinski definition) is 4. The van der Waals surface area contributed by atoms with Gasteiger partial charge in [-0.05, 0) is 42.0 Å². The maximum atomic E-state index is 13.7. The van der Waals surface area contributed by atoms with Crippen LogP contribution in [-0.4, -0.2) is 53.7 Å². The predicted octanol–water partition coefficient (Wildman–Crippen LogP) is 4.60. The van der Waals surface area contributed by atoms with Gasteiger partial charge < -0.3 is 9.80 Å². The van der Waals surface area contributed by atoms with Crippen molar-refractivity contribution in [3.63, 3.8) is 0 Å². The van der Waals surface area contributed by atoms with Crippen LogP contribution in [0.2, 0.25) is 0 Å². The highest BCUT2D eigenvalue weighted by molar-refractivity contribution is 6.21. The van der Waals surface area contributed by atoms with Crippen LogP contribution < -0.4 is 4.90 Å². The topological polar surface area (TPSA) is 60.9 Å². The molecule has 0 saturated carbocycles. The fourth-order valence-electron chi connectivity index (χ4n) is 4.66. The number of amides is 3. The smallest absolute Gasteiger partial charge is 0.368 e. The Bertz CT molecular complexity index is 1380. The van der Waals surface area contributed by atoms with Crippen molar-refractivity contribution in [2.75, 3.05) is 31.1 Å². The van der Waals surface area contributed by atoms with E-state index in [1.807, 2.05) is 35.2 Å². The lowest BCUT2D eigenvalue weighted by Gasteiger charge is -2.36. The first-order chi connectivity index (χ1) is 17.6. The van der Waals surface area contributed by atoms with E-state index in [2.05, 4.69) is 0 Å². The van der Waals surface area contributed by atoms with E-state index in [1.54, 1.807) is 18.2 Å². The molecule has 2 heterocycles. The van der Waals surface area contributed by atoms with E-state index in [0.29, 0.717) is 29.4 Å². The van der Waals surface area contributed by atoms with E-state index in [9.17, 15) is 31.9 Å². The minimum absolute atomic E-state index is 0.108. The largest absolute Gasteiger partial charge is 0.417 e. The molecule has 0 spiro atoms. The Kier molecular flexibility index (Phi) is 6.18. The van der Waals surface area contributed by atoms with Crippen LogP contribution in [0.5, 0.6) is 0 Å². The van der Waals surface area contributed by atoms with E-state index < -0.39 is 34.9 Å². The highest BCUT2D eigenvalue weighted by atomic mass is 19.4. The molecule has 0 aromatic heterocycles. The van der Waals surface area contributed by atoms with Crippen molar-refractivity contribution in [3.05, 3.63) is 100 Å². The van der Waals surface area contributed by atoms with Gasteiger partial charge in [0, 0.05) is 31.9 Å². The summed E-state index contributed by atoms with van der Waals surface area (Å²) in [6.07, 6.45) is -4.79. The summed E-state index contributed by atoms with van der Waals surface area (Å²) in [4.78, 5) is 43.0. The zero-order chi connectivity index (χ0) is 26.3. The van der Waals surface area contributed by atoms with Gasteiger partial charge in [-0.15, -0.1) is 0 Å². The highest BCUT2D eigenvalue weighted by Gasteiger charge is 2.38. The van der Waals surface area contributed by atoms with Gasteiger partial charge in [-0.2, -0.15) is 13.2 Å². The number of halogens is 4. The van der Waals surface area contributed by atoms with E-state index in [4.69, 9.17) is 0 Å². The minimum atomic E-state index is -4.79. The first kappa shape index (κ1) is 24.5. The van der Waals surface area contributed by atoms with Crippen LogP contribution in [0, 0.1) is 5.82 Å². The van der Waals surface area contributed by atoms with Crippen LogP contribution in [0.3, 0.4) is 0 Å². The molecule has 0 radical (unpaired) electrons. The van der Waals surface area contributed by atoms with Gasteiger partial charge >= 0.3 is 6.18 Å². The fraction of sp³-hybridized carbons (Fsp3) is 0.222. The number of benzene rings is 3. The van der Waals surface area contributed by atoms with Crippen molar-refractivity contribution in [1.82, 2.24) is 9.80 Å². The Morgan fingerprint density at radius 2 is 1.49 bits per heavy atom. The lowest BCUT2D eigenvalue weighted by Crippen LogP contribution is -2.49. The molecule has 6 nitrogen and oxygen atoms in total. The number of nitrogens with zero attached hydrogens (tertiary/aromatic N) is 3. The van der Waals surface area contributed by atoms with Crippen LogP contribution in [-0.2, 0) is 12.7 Å². The molecule has 190 valence electrons. The Hall–Kier alpha value is -4.21. The first-order valence-electron chi connectivity index (χ1n) is 11.6.